The monoisotopic (exact) mass is 460 g/mol. The molecular weight excluding hydrogens is 428 g/mol. The van der Waals surface area contributed by atoms with Gasteiger partial charge in [-0.1, -0.05) is 97.6 Å². The molecule has 4 atom stereocenters. The molecule has 5 nitrogen and oxygen atoms in total. The van der Waals surface area contributed by atoms with Crippen LogP contribution in [0.4, 0.5) is 0 Å². The summed E-state index contributed by atoms with van der Waals surface area (Å²) in [6.45, 7) is 5.92. The summed E-state index contributed by atoms with van der Waals surface area (Å²) in [5.74, 6) is 0. The van der Waals surface area contributed by atoms with Crippen LogP contribution in [0.25, 0.3) is 0 Å². The summed E-state index contributed by atoms with van der Waals surface area (Å²) < 4.78 is 30.6. The summed E-state index contributed by atoms with van der Waals surface area (Å²) in [6.07, 6.45) is -1.79. The molecule has 0 aromatic heterocycles. The van der Waals surface area contributed by atoms with Gasteiger partial charge in [-0.3, -0.25) is 0 Å². The Balaban J connectivity index is 1.49. The zero-order valence-electron chi connectivity index (χ0n) is 19.5. The Kier molecular flexibility index (Phi) is 9.02. The first kappa shape index (κ1) is 24.3. The van der Waals surface area contributed by atoms with Crippen molar-refractivity contribution in [2.45, 2.75) is 44.4 Å². The molecule has 3 aromatic carbocycles. The zero-order chi connectivity index (χ0) is 23.6. The zero-order valence-corrected chi connectivity index (χ0v) is 19.5. The molecule has 0 saturated carbocycles. The molecule has 1 saturated heterocycles. The van der Waals surface area contributed by atoms with Crippen molar-refractivity contribution in [1.82, 2.24) is 0 Å². The van der Waals surface area contributed by atoms with Crippen molar-refractivity contribution in [2.75, 3.05) is 13.7 Å². The van der Waals surface area contributed by atoms with E-state index in [2.05, 4.69) is 6.58 Å². The van der Waals surface area contributed by atoms with Gasteiger partial charge < -0.3 is 23.7 Å². The maximum absolute atomic E-state index is 6.40. The minimum atomic E-state index is -0.595. The highest BCUT2D eigenvalue weighted by Crippen LogP contribution is 2.31. The van der Waals surface area contributed by atoms with Crippen molar-refractivity contribution < 1.29 is 23.7 Å². The van der Waals surface area contributed by atoms with Crippen molar-refractivity contribution in [1.29, 1.82) is 0 Å². The van der Waals surface area contributed by atoms with Gasteiger partial charge in [0.1, 0.15) is 18.3 Å². The van der Waals surface area contributed by atoms with Crippen LogP contribution >= 0.6 is 0 Å². The number of ether oxygens (including phenoxy) is 5. The van der Waals surface area contributed by atoms with Crippen LogP contribution in [-0.2, 0) is 43.5 Å². The van der Waals surface area contributed by atoms with E-state index in [1.54, 1.807) is 7.11 Å². The molecule has 1 aliphatic heterocycles. The molecule has 0 spiro atoms. The van der Waals surface area contributed by atoms with E-state index in [-0.39, 0.29) is 6.10 Å². The van der Waals surface area contributed by atoms with Gasteiger partial charge in [-0.25, -0.2) is 0 Å². The number of methoxy groups -OCH3 is 1. The Morgan fingerprint density at radius 3 is 1.74 bits per heavy atom. The molecule has 0 amide bonds. The molecule has 4 rings (SSSR count). The van der Waals surface area contributed by atoms with E-state index in [1.807, 2.05) is 91.0 Å². The minimum Gasteiger partial charge on any atom is -0.374 e. The second-order valence-electron chi connectivity index (χ2n) is 8.30. The van der Waals surface area contributed by atoms with Gasteiger partial charge in [0.25, 0.3) is 0 Å². The second kappa shape index (κ2) is 12.6. The predicted octanol–water partition coefficient (Wildman–Crippen LogP) is 5.30. The fraction of sp³-hybridized carbons (Fsp3) is 0.310. The van der Waals surface area contributed by atoms with Gasteiger partial charge >= 0.3 is 0 Å². The van der Waals surface area contributed by atoms with E-state index in [9.17, 15) is 0 Å². The van der Waals surface area contributed by atoms with Gasteiger partial charge in [0.2, 0.25) is 0 Å². The third-order valence-corrected chi connectivity index (χ3v) is 5.80. The average molecular weight is 461 g/mol. The Morgan fingerprint density at radius 1 is 0.706 bits per heavy atom. The quantitative estimate of drug-likeness (QED) is 0.363. The van der Waals surface area contributed by atoms with Crippen molar-refractivity contribution >= 4 is 0 Å². The molecule has 178 valence electrons. The number of hydrogen-bond donors (Lipinski definition) is 0. The standard InChI is InChI=1S/C29H32O5/c1-22-27(32-19-24-14-8-4-9-15-24)28(33-20-25-16-10-5-11-17-25)26(34-29(22)30-2)21-31-18-23-12-6-3-7-13-23/h3-17,26-29H,1,18-21H2,2H3/t26-,27-,28+,29?/m1/s1. The summed E-state index contributed by atoms with van der Waals surface area (Å²) in [5.41, 5.74) is 3.96. The lowest BCUT2D eigenvalue weighted by molar-refractivity contribution is -0.243. The summed E-state index contributed by atoms with van der Waals surface area (Å²) in [5, 5.41) is 0. The van der Waals surface area contributed by atoms with Crippen molar-refractivity contribution in [3.8, 4) is 0 Å². The molecule has 0 bridgehead atoms. The highest BCUT2D eigenvalue weighted by atomic mass is 16.7. The van der Waals surface area contributed by atoms with E-state index >= 15 is 0 Å². The maximum Gasteiger partial charge on any atom is 0.182 e. The van der Waals surface area contributed by atoms with E-state index in [0.717, 1.165) is 16.7 Å². The Bertz CT molecular complexity index is 993. The third-order valence-electron chi connectivity index (χ3n) is 5.80. The first-order valence-corrected chi connectivity index (χ1v) is 11.5. The SMILES string of the molecule is C=C1C(OC)O[C@H](COCc2ccccc2)[C@H](OCc2ccccc2)[C@@H]1OCc1ccccc1. The summed E-state index contributed by atoms with van der Waals surface area (Å²) >= 11 is 0. The maximum atomic E-state index is 6.40. The first-order chi connectivity index (χ1) is 16.7. The van der Waals surface area contributed by atoms with Gasteiger partial charge in [-0.05, 0) is 16.7 Å². The van der Waals surface area contributed by atoms with Gasteiger partial charge in [0.05, 0.1) is 26.4 Å². The van der Waals surface area contributed by atoms with Crippen LogP contribution in [0, 0.1) is 0 Å². The predicted molar refractivity (Wildman–Crippen MR) is 131 cm³/mol. The number of hydrogen-bond acceptors (Lipinski definition) is 5. The van der Waals surface area contributed by atoms with Crippen LogP contribution in [0.15, 0.2) is 103 Å². The third kappa shape index (κ3) is 6.63. The fourth-order valence-corrected chi connectivity index (χ4v) is 4.00. The largest absolute Gasteiger partial charge is 0.374 e. The lowest BCUT2D eigenvalue weighted by Gasteiger charge is -2.42. The average Bonchev–Trinajstić information content (AvgIpc) is 2.89. The van der Waals surface area contributed by atoms with Gasteiger partial charge in [0, 0.05) is 12.7 Å². The van der Waals surface area contributed by atoms with Crippen LogP contribution in [0.3, 0.4) is 0 Å². The van der Waals surface area contributed by atoms with Crippen molar-refractivity contribution in [3.63, 3.8) is 0 Å². The van der Waals surface area contributed by atoms with Crippen LogP contribution in [-0.4, -0.2) is 38.3 Å². The number of rotatable bonds is 11. The molecule has 1 heterocycles. The normalized spacial score (nSPS) is 22.6. The Labute approximate surface area is 201 Å². The highest BCUT2D eigenvalue weighted by molar-refractivity contribution is 5.18. The molecule has 1 fully saturated rings. The molecule has 5 heteroatoms. The topological polar surface area (TPSA) is 46.2 Å². The molecule has 1 unspecified atom stereocenters. The van der Waals surface area contributed by atoms with Crippen molar-refractivity contribution in [3.05, 3.63) is 120 Å². The molecular formula is C29H32O5. The van der Waals surface area contributed by atoms with Crippen LogP contribution < -0.4 is 0 Å². The molecule has 3 aromatic rings. The highest BCUT2D eigenvalue weighted by Gasteiger charge is 2.43. The fourth-order valence-electron chi connectivity index (χ4n) is 4.00. The number of benzene rings is 3. The molecule has 0 N–H and O–H groups in total. The van der Waals surface area contributed by atoms with Crippen LogP contribution in [0.1, 0.15) is 16.7 Å². The minimum absolute atomic E-state index is 0.340. The van der Waals surface area contributed by atoms with Gasteiger partial charge in [0.15, 0.2) is 6.29 Å². The molecule has 0 aliphatic carbocycles. The molecule has 0 radical (unpaired) electrons. The van der Waals surface area contributed by atoms with Gasteiger partial charge in [-0.2, -0.15) is 0 Å². The smallest absolute Gasteiger partial charge is 0.182 e. The summed E-state index contributed by atoms with van der Waals surface area (Å²) in [4.78, 5) is 0. The van der Waals surface area contributed by atoms with E-state index in [0.29, 0.717) is 32.0 Å². The Hall–Kier alpha value is -2.80. The lowest BCUT2D eigenvalue weighted by Crippen LogP contribution is -2.54. The van der Waals surface area contributed by atoms with Crippen LogP contribution in [0.2, 0.25) is 0 Å². The molecule has 34 heavy (non-hydrogen) atoms. The van der Waals surface area contributed by atoms with E-state index < -0.39 is 18.5 Å². The van der Waals surface area contributed by atoms with E-state index in [1.165, 1.54) is 0 Å². The van der Waals surface area contributed by atoms with Crippen molar-refractivity contribution in [2.24, 2.45) is 0 Å². The Morgan fingerprint density at radius 2 is 1.21 bits per heavy atom. The summed E-state index contributed by atoms with van der Waals surface area (Å²) in [6, 6.07) is 30.2. The lowest BCUT2D eigenvalue weighted by atomic mass is 9.97. The molecule has 1 aliphatic rings. The second-order valence-corrected chi connectivity index (χ2v) is 8.30. The summed E-state index contributed by atoms with van der Waals surface area (Å²) in [7, 11) is 1.61. The van der Waals surface area contributed by atoms with Crippen LogP contribution in [0.5, 0.6) is 0 Å². The first-order valence-electron chi connectivity index (χ1n) is 11.5. The van der Waals surface area contributed by atoms with E-state index in [4.69, 9.17) is 23.7 Å². The van der Waals surface area contributed by atoms with Gasteiger partial charge in [-0.15, -0.1) is 0 Å².